The van der Waals surface area contributed by atoms with Crippen LogP contribution in [-0.2, 0) is 0 Å². The maximum absolute atomic E-state index is 10.4. The van der Waals surface area contributed by atoms with Gasteiger partial charge in [-0.1, -0.05) is 12.1 Å². The fraction of sp³-hybridized carbons (Fsp3) is 0.211. The Morgan fingerprint density at radius 1 is 0.522 bits per heavy atom. The van der Waals surface area contributed by atoms with Gasteiger partial charge in [0.05, 0.1) is 51.7 Å². The van der Waals surface area contributed by atoms with Crippen LogP contribution < -0.4 is 18.9 Å². The Kier molecular flexibility index (Phi) is 10.6. The second-order valence-corrected chi connectivity index (χ2v) is 10.9. The lowest BCUT2D eigenvalue weighted by Gasteiger charge is -2.16. The minimum absolute atomic E-state index is 0.443. The van der Waals surface area contributed by atoms with Crippen LogP contribution in [0.2, 0.25) is 0 Å². The van der Waals surface area contributed by atoms with Gasteiger partial charge in [-0.3, -0.25) is 0 Å². The average molecular weight is 615 g/mol. The van der Waals surface area contributed by atoms with E-state index in [0.29, 0.717) is 34.1 Å². The van der Waals surface area contributed by atoms with E-state index in [0.717, 1.165) is 43.8 Å². The molecule has 0 unspecified atom stereocenters. The molecule has 0 saturated carbocycles. The molecule has 0 amide bonds. The van der Waals surface area contributed by atoms with E-state index in [9.17, 15) is 10.5 Å². The highest BCUT2D eigenvalue weighted by Gasteiger charge is 2.14. The number of rotatable bonds is 11. The Morgan fingerprint density at radius 2 is 0.848 bits per heavy atom. The number of fused-ring (bicyclic) bond motifs is 2. The fourth-order valence-electron chi connectivity index (χ4n) is 5.25. The summed E-state index contributed by atoms with van der Waals surface area (Å²) in [6, 6.07) is 23.7. The van der Waals surface area contributed by atoms with Gasteiger partial charge in [0.25, 0.3) is 0 Å². The van der Waals surface area contributed by atoms with Crippen molar-refractivity contribution in [2.75, 3.05) is 56.6 Å². The lowest BCUT2D eigenvalue weighted by Crippen LogP contribution is -2.07. The first-order chi connectivity index (χ1) is 22.2. The van der Waals surface area contributed by atoms with Crippen LogP contribution >= 0.6 is 0 Å². The molecule has 4 rings (SSSR count). The van der Waals surface area contributed by atoms with E-state index >= 15 is 0 Å². The number of benzene rings is 4. The predicted octanol–water partition coefficient (Wildman–Crippen LogP) is 7.43. The Balaban J connectivity index is 1.90. The van der Waals surface area contributed by atoms with Crippen LogP contribution in [0.4, 0.5) is 0 Å². The van der Waals surface area contributed by atoms with Crippen molar-refractivity contribution in [1.82, 2.24) is 9.80 Å². The SMILES string of the molecule is COc1ccc(OC)c2cc(/C(C#N)=C/C(=C/N(C)C)C(=C\N(C)C)/C=C(\C#N)c3ccc4c(OC)ccc(OC)c4c3)ccc12. The number of nitriles is 2. The van der Waals surface area contributed by atoms with Crippen LogP contribution in [0.5, 0.6) is 23.0 Å². The molecule has 0 atom stereocenters. The quantitative estimate of drug-likeness (QED) is 0.127. The molecule has 46 heavy (non-hydrogen) atoms. The zero-order valence-corrected chi connectivity index (χ0v) is 27.5. The van der Waals surface area contributed by atoms with Crippen LogP contribution in [0.25, 0.3) is 32.7 Å². The Bertz CT molecular complexity index is 1830. The van der Waals surface area contributed by atoms with Crippen LogP contribution in [0.1, 0.15) is 11.1 Å². The average Bonchev–Trinajstić information content (AvgIpc) is 3.06. The minimum Gasteiger partial charge on any atom is -0.496 e. The monoisotopic (exact) mass is 614 g/mol. The number of hydrogen-bond acceptors (Lipinski definition) is 8. The lowest BCUT2D eigenvalue weighted by atomic mass is 9.95. The minimum atomic E-state index is 0.443. The third-order valence-electron chi connectivity index (χ3n) is 7.34. The first-order valence-corrected chi connectivity index (χ1v) is 14.5. The second kappa shape index (κ2) is 14.7. The van der Waals surface area contributed by atoms with Gasteiger partial charge in [0.1, 0.15) is 23.0 Å². The molecule has 8 heteroatoms. The number of allylic oxidation sites excluding steroid dienone is 6. The fourth-order valence-corrected chi connectivity index (χ4v) is 5.25. The summed E-state index contributed by atoms with van der Waals surface area (Å²) in [6.45, 7) is 0. The van der Waals surface area contributed by atoms with E-state index in [1.54, 1.807) is 28.4 Å². The summed E-state index contributed by atoms with van der Waals surface area (Å²) in [7, 11) is 14.1. The second-order valence-electron chi connectivity index (χ2n) is 10.9. The number of nitrogens with zero attached hydrogens (tertiary/aromatic N) is 4. The molecule has 0 aliphatic carbocycles. The zero-order chi connectivity index (χ0) is 33.4. The first kappa shape index (κ1) is 33.0. The van der Waals surface area contributed by atoms with Gasteiger partial charge in [0.15, 0.2) is 0 Å². The highest BCUT2D eigenvalue weighted by molar-refractivity contribution is 5.98. The maximum Gasteiger partial charge on any atom is 0.126 e. The molecule has 234 valence electrons. The standard InChI is InChI=1S/C38H38N4O4/c1-41(2)23-29(17-27(21-39)25-9-11-31-33(19-25)37(45-7)15-13-35(31)43-5)30(24-42(3)4)18-28(22-40)26-10-12-32-34(20-26)38(46-8)16-14-36(32)44-6/h9-20,23-24H,1-8H3/b27-17+,28-18+,29-23-,30-24-. The van der Waals surface area contributed by atoms with Gasteiger partial charge in [-0.25, -0.2) is 0 Å². The molecule has 0 aromatic heterocycles. The van der Waals surface area contributed by atoms with E-state index in [2.05, 4.69) is 12.1 Å². The molecule has 4 aromatic carbocycles. The van der Waals surface area contributed by atoms with E-state index in [-0.39, 0.29) is 0 Å². The summed E-state index contributed by atoms with van der Waals surface area (Å²) in [4.78, 5) is 3.82. The molecule has 0 saturated heterocycles. The van der Waals surface area contributed by atoms with E-state index in [1.165, 1.54) is 0 Å². The third-order valence-corrected chi connectivity index (χ3v) is 7.34. The van der Waals surface area contributed by atoms with Gasteiger partial charge < -0.3 is 28.7 Å². The summed E-state index contributed by atoms with van der Waals surface area (Å²) in [5.74, 6) is 2.79. The van der Waals surface area contributed by atoms with E-state index in [1.807, 2.05) is 123 Å². The van der Waals surface area contributed by atoms with Gasteiger partial charge >= 0.3 is 0 Å². The number of methoxy groups -OCH3 is 4. The molecule has 0 N–H and O–H groups in total. The Labute approximate surface area is 270 Å². The summed E-state index contributed by atoms with van der Waals surface area (Å²) in [6.07, 6.45) is 7.53. The van der Waals surface area contributed by atoms with Crippen molar-refractivity contribution in [3.63, 3.8) is 0 Å². The summed E-state index contributed by atoms with van der Waals surface area (Å²) in [5, 5.41) is 24.2. The molecule has 0 spiro atoms. The number of ether oxygens (including phenoxy) is 4. The molecular formula is C38H38N4O4. The summed E-state index contributed by atoms with van der Waals surface area (Å²) >= 11 is 0. The Morgan fingerprint density at radius 3 is 1.13 bits per heavy atom. The summed E-state index contributed by atoms with van der Waals surface area (Å²) < 4.78 is 22.3. The van der Waals surface area contributed by atoms with Crippen molar-refractivity contribution in [1.29, 1.82) is 10.5 Å². The molecular weight excluding hydrogens is 576 g/mol. The summed E-state index contributed by atoms with van der Waals surface area (Å²) in [5.41, 5.74) is 3.80. The predicted molar refractivity (Wildman–Crippen MR) is 185 cm³/mol. The lowest BCUT2D eigenvalue weighted by molar-refractivity contribution is 0.410. The third kappa shape index (κ3) is 7.09. The zero-order valence-electron chi connectivity index (χ0n) is 27.5. The van der Waals surface area contributed by atoms with Gasteiger partial charge in [-0.2, -0.15) is 10.5 Å². The molecule has 0 bridgehead atoms. The smallest absolute Gasteiger partial charge is 0.126 e. The molecule has 4 aromatic rings. The topological polar surface area (TPSA) is 91.0 Å². The normalized spacial score (nSPS) is 12.4. The Hall–Kier alpha value is -5.86. The highest BCUT2D eigenvalue weighted by atomic mass is 16.5. The van der Waals surface area contributed by atoms with Crippen molar-refractivity contribution in [3.8, 4) is 35.1 Å². The van der Waals surface area contributed by atoms with Crippen molar-refractivity contribution in [3.05, 3.63) is 107 Å². The van der Waals surface area contributed by atoms with Crippen LogP contribution in [-0.4, -0.2) is 66.4 Å². The molecule has 0 aliphatic rings. The molecule has 0 radical (unpaired) electrons. The maximum atomic E-state index is 10.4. The van der Waals surface area contributed by atoms with Crippen LogP contribution in [0, 0.1) is 22.7 Å². The van der Waals surface area contributed by atoms with E-state index < -0.39 is 0 Å². The van der Waals surface area contributed by atoms with Crippen molar-refractivity contribution >= 4 is 32.7 Å². The van der Waals surface area contributed by atoms with Gasteiger partial charge in [0.2, 0.25) is 0 Å². The molecule has 0 fully saturated rings. The van der Waals surface area contributed by atoms with Gasteiger partial charge in [-0.05, 0) is 71.8 Å². The van der Waals surface area contributed by atoms with Gasteiger partial charge in [-0.15, -0.1) is 0 Å². The molecule has 0 heterocycles. The van der Waals surface area contributed by atoms with Crippen molar-refractivity contribution < 1.29 is 18.9 Å². The van der Waals surface area contributed by atoms with E-state index in [4.69, 9.17) is 18.9 Å². The highest BCUT2D eigenvalue weighted by Crippen LogP contribution is 2.37. The van der Waals surface area contributed by atoms with Crippen molar-refractivity contribution in [2.45, 2.75) is 0 Å². The molecule has 8 nitrogen and oxygen atoms in total. The first-order valence-electron chi connectivity index (χ1n) is 14.5. The van der Waals surface area contributed by atoms with Crippen LogP contribution in [0.3, 0.4) is 0 Å². The largest absolute Gasteiger partial charge is 0.496 e. The van der Waals surface area contributed by atoms with Gasteiger partial charge in [0, 0.05) is 73.3 Å². The van der Waals surface area contributed by atoms with Crippen LogP contribution in [0.15, 0.2) is 96.4 Å². The number of hydrogen-bond donors (Lipinski definition) is 0. The molecule has 0 aliphatic heterocycles. The van der Waals surface area contributed by atoms with Crippen molar-refractivity contribution in [2.24, 2.45) is 0 Å².